The van der Waals surface area contributed by atoms with Crippen molar-refractivity contribution >= 4 is 11.7 Å². The van der Waals surface area contributed by atoms with Crippen LogP contribution in [0.2, 0.25) is 0 Å². The fourth-order valence-electron chi connectivity index (χ4n) is 2.24. The summed E-state index contributed by atoms with van der Waals surface area (Å²) in [4.78, 5) is 11.9. The maximum atomic E-state index is 11.9. The second-order valence-corrected chi connectivity index (χ2v) is 5.85. The molecule has 22 heavy (non-hydrogen) atoms. The van der Waals surface area contributed by atoms with Crippen LogP contribution in [0.4, 0.5) is 10.5 Å². The Bertz CT molecular complexity index is 619. The number of amides is 2. The number of hydrogen-bond acceptors (Lipinski definition) is 2. The average Bonchev–Trinajstić information content (AvgIpc) is 2.90. The van der Waals surface area contributed by atoms with Gasteiger partial charge in [0.2, 0.25) is 0 Å². The Kier molecular flexibility index (Phi) is 5.58. The second kappa shape index (κ2) is 7.64. The van der Waals surface area contributed by atoms with E-state index >= 15 is 0 Å². The Morgan fingerprint density at radius 3 is 2.82 bits per heavy atom. The van der Waals surface area contributed by atoms with Gasteiger partial charge in [0.1, 0.15) is 0 Å². The van der Waals surface area contributed by atoms with E-state index in [4.69, 9.17) is 0 Å². The molecule has 1 heterocycles. The first kappa shape index (κ1) is 16.1. The van der Waals surface area contributed by atoms with Crippen LogP contribution >= 0.6 is 0 Å². The van der Waals surface area contributed by atoms with Gasteiger partial charge in [-0.1, -0.05) is 19.9 Å². The van der Waals surface area contributed by atoms with E-state index in [0.717, 1.165) is 29.9 Å². The van der Waals surface area contributed by atoms with Crippen molar-refractivity contribution < 1.29 is 4.79 Å². The zero-order valence-corrected chi connectivity index (χ0v) is 13.5. The van der Waals surface area contributed by atoms with Gasteiger partial charge in [0.15, 0.2) is 0 Å². The van der Waals surface area contributed by atoms with Crippen LogP contribution in [-0.2, 0) is 0 Å². The summed E-state index contributed by atoms with van der Waals surface area (Å²) < 4.78 is 1.84. The lowest BCUT2D eigenvalue weighted by Gasteiger charge is -2.10. The molecule has 0 spiro atoms. The number of carbonyl (C=O) groups excluding carboxylic acids is 1. The summed E-state index contributed by atoms with van der Waals surface area (Å²) >= 11 is 0. The first-order chi connectivity index (χ1) is 10.6. The van der Waals surface area contributed by atoms with Crippen molar-refractivity contribution in [1.82, 2.24) is 15.1 Å². The number of nitrogens with zero attached hydrogens (tertiary/aromatic N) is 2. The highest BCUT2D eigenvalue weighted by atomic mass is 16.2. The molecule has 0 aliphatic heterocycles. The van der Waals surface area contributed by atoms with Crippen LogP contribution in [0.3, 0.4) is 0 Å². The molecule has 0 saturated heterocycles. The predicted octanol–water partition coefficient (Wildman–Crippen LogP) is 3.74. The Balaban J connectivity index is 1.90. The van der Waals surface area contributed by atoms with Gasteiger partial charge in [0.05, 0.1) is 5.69 Å². The van der Waals surface area contributed by atoms with Crippen molar-refractivity contribution in [2.45, 2.75) is 33.6 Å². The summed E-state index contributed by atoms with van der Waals surface area (Å²) in [6.45, 7) is 7.06. The lowest BCUT2D eigenvalue weighted by atomic mass is 10.1. The molecule has 5 nitrogen and oxygen atoms in total. The molecule has 0 unspecified atom stereocenters. The highest BCUT2D eigenvalue weighted by molar-refractivity contribution is 5.89. The molecule has 118 valence electrons. The summed E-state index contributed by atoms with van der Waals surface area (Å²) in [6.07, 6.45) is 3.88. The summed E-state index contributed by atoms with van der Waals surface area (Å²) in [5.41, 5.74) is 2.74. The minimum atomic E-state index is -0.168. The highest BCUT2D eigenvalue weighted by Gasteiger charge is 2.05. The molecular weight excluding hydrogens is 276 g/mol. The predicted molar refractivity (Wildman–Crippen MR) is 89.4 cm³/mol. The third-order valence-electron chi connectivity index (χ3n) is 3.42. The number of rotatable bonds is 6. The molecule has 5 heteroatoms. The molecule has 0 radical (unpaired) electrons. The van der Waals surface area contributed by atoms with E-state index in [0.29, 0.717) is 12.5 Å². The van der Waals surface area contributed by atoms with E-state index in [1.807, 2.05) is 41.9 Å². The van der Waals surface area contributed by atoms with Crippen LogP contribution in [-0.4, -0.2) is 22.4 Å². The summed E-state index contributed by atoms with van der Waals surface area (Å²) in [5, 5.41) is 10.0. The molecule has 0 aliphatic carbocycles. The van der Waals surface area contributed by atoms with Crippen molar-refractivity contribution in [2.24, 2.45) is 5.92 Å². The molecule has 0 aliphatic rings. The largest absolute Gasteiger partial charge is 0.338 e. The lowest BCUT2D eigenvalue weighted by molar-refractivity contribution is 0.251. The SMILES string of the molecule is Cc1ccnn1-c1cccc(NC(=O)NCCCC(C)C)c1. The quantitative estimate of drug-likeness (QED) is 0.798. The third-order valence-corrected chi connectivity index (χ3v) is 3.42. The molecule has 2 rings (SSSR count). The number of anilines is 1. The van der Waals surface area contributed by atoms with Gasteiger partial charge in [-0.3, -0.25) is 0 Å². The van der Waals surface area contributed by atoms with Crippen molar-refractivity contribution in [3.05, 3.63) is 42.2 Å². The van der Waals surface area contributed by atoms with Crippen LogP contribution in [0.15, 0.2) is 36.5 Å². The standard InChI is InChI=1S/C17H24N4O/c1-13(2)6-5-10-18-17(22)20-15-7-4-8-16(12-15)21-14(3)9-11-19-21/h4,7-9,11-13H,5-6,10H2,1-3H3,(H2,18,20,22). The van der Waals surface area contributed by atoms with Gasteiger partial charge in [-0.15, -0.1) is 0 Å². The number of benzene rings is 1. The van der Waals surface area contributed by atoms with E-state index in [1.165, 1.54) is 0 Å². The Morgan fingerprint density at radius 2 is 2.14 bits per heavy atom. The van der Waals surface area contributed by atoms with Crippen LogP contribution in [0.5, 0.6) is 0 Å². The maximum absolute atomic E-state index is 11.9. The number of aryl methyl sites for hydroxylation is 1. The summed E-state index contributed by atoms with van der Waals surface area (Å²) in [6, 6.07) is 9.43. The molecular formula is C17H24N4O. The van der Waals surface area contributed by atoms with Crippen LogP contribution in [0.1, 0.15) is 32.4 Å². The Hall–Kier alpha value is -2.30. The number of hydrogen-bond donors (Lipinski definition) is 2. The number of aromatic nitrogens is 2. The number of nitrogens with one attached hydrogen (secondary N) is 2. The minimum Gasteiger partial charge on any atom is -0.338 e. The van der Waals surface area contributed by atoms with Crippen molar-refractivity contribution in [2.75, 3.05) is 11.9 Å². The molecule has 2 N–H and O–H groups in total. The van der Waals surface area contributed by atoms with Gasteiger partial charge in [-0.05, 0) is 49.9 Å². The number of carbonyl (C=O) groups is 1. The van der Waals surface area contributed by atoms with Gasteiger partial charge >= 0.3 is 6.03 Å². The van der Waals surface area contributed by atoms with Gasteiger partial charge in [-0.2, -0.15) is 5.10 Å². The van der Waals surface area contributed by atoms with E-state index in [-0.39, 0.29) is 6.03 Å². The van der Waals surface area contributed by atoms with Gasteiger partial charge in [0.25, 0.3) is 0 Å². The molecule has 0 bridgehead atoms. The highest BCUT2D eigenvalue weighted by Crippen LogP contribution is 2.15. The molecule has 1 aromatic carbocycles. The first-order valence-corrected chi connectivity index (χ1v) is 7.72. The van der Waals surface area contributed by atoms with Crippen molar-refractivity contribution in [3.63, 3.8) is 0 Å². The van der Waals surface area contributed by atoms with E-state index in [2.05, 4.69) is 29.6 Å². The maximum Gasteiger partial charge on any atom is 0.319 e. The fourth-order valence-corrected chi connectivity index (χ4v) is 2.24. The Morgan fingerprint density at radius 1 is 1.32 bits per heavy atom. The smallest absolute Gasteiger partial charge is 0.319 e. The normalized spacial score (nSPS) is 10.7. The van der Waals surface area contributed by atoms with Crippen LogP contribution in [0.25, 0.3) is 5.69 Å². The second-order valence-electron chi connectivity index (χ2n) is 5.85. The summed E-state index contributed by atoms with van der Waals surface area (Å²) in [7, 11) is 0. The van der Waals surface area contributed by atoms with Gasteiger partial charge < -0.3 is 10.6 Å². The average molecular weight is 300 g/mol. The molecule has 0 fully saturated rings. The van der Waals surface area contributed by atoms with Crippen molar-refractivity contribution in [3.8, 4) is 5.69 Å². The van der Waals surface area contributed by atoms with E-state index < -0.39 is 0 Å². The number of urea groups is 1. The van der Waals surface area contributed by atoms with Gasteiger partial charge in [0, 0.05) is 24.1 Å². The third kappa shape index (κ3) is 4.62. The van der Waals surface area contributed by atoms with E-state index in [9.17, 15) is 4.79 Å². The lowest BCUT2D eigenvalue weighted by Crippen LogP contribution is -2.29. The molecule has 0 atom stereocenters. The minimum absolute atomic E-state index is 0.168. The fraction of sp³-hybridized carbons (Fsp3) is 0.412. The molecule has 0 saturated carbocycles. The monoisotopic (exact) mass is 300 g/mol. The molecule has 1 aromatic heterocycles. The van der Waals surface area contributed by atoms with Crippen LogP contribution in [0, 0.1) is 12.8 Å². The zero-order chi connectivity index (χ0) is 15.9. The first-order valence-electron chi connectivity index (χ1n) is 7.72. The summed E-state index contributed by atoms with van der Waals surface area (Å²) in [5.74, 6) is 0.666. The zero-order valence-electron chi connectivity index (χ0n) is 13.5. The molecule has 2 aromatic rings. The topological polar surface area (TPSA) is 59.0 Å². The van der Waals surface area contributed by atoms with E-state index in [1.54, 1.807) is 6.20 Å². The molecule has 2 amide bonds. The Labute approximate surface area is 131 Å². The van der Waals surface area contributed by atoms with Crippen LogP contribution < -0.4 is 10.6 Å². The van der Waals surface area contributed by atoms with Crippen molar-refractivity contribution in [1.29, 1.82) is 0 Å². The van der Waals surface area contributed by atoms with Gasteiger partial charge in [-0.25, -0.2) is 9.48 Å².